The molecule has 49 heavy (non-hydrogen) atoms. The minimum atomic E-state index is -0.756. The second kappa shape index (κ2) is 37.7. The maximum Gasteiger partial charge on any atom is 0.306 e. The van der Waals surface area contributed by atoms with E-state index in [1.54, 1.807) is 0 Å². The Hall–Kier alpha value is -1.59. The van der Waals surface area contributed by atoms with Crippen molar-refractivity contribution in [1.82, 2.24) is 0 Å². The van der Waals surface area contributed by atoms with Gasteiger partial charge in [0, 0.05) is 19.3 Å². The first-order valence-corrected chi connectivity index (χ1v) is 21.4. The highest BCUT2D eigenvalue weighted by Gasteiger charge is 2.19. The molecule has 0 unspecified atom stereocenters. The van der Waals surface area contributed by atoms with E-state index in [2.05, 4.69) is 27.7 Å². The number of carbonyl (C=O) groups is 3. The van der Waals surface area contributed by atoms with Gasteiger partial charge in [0.15, 0.2) is 6.10 Å². The number of ether oxygens (including phenoxy) is 3. The summed E-state index contributed by atoms with van der Waals surface area (Å²) in [7, 11) is 0. The highest BCUT2D eigenvalue weighted by molar-refractivity contribution is 5.71. The quantitative estimate of drug-likeness (QED) is 0.0364. The van der Waals surface area contributed by atoms with Crippen LogP contribution in [0.4, 0.5) is 0 Å². The molecule has 0 spiro atoms. The fourth-order valence-corrected chi connectivity index (χ4v) is 6.27. The Balaban J connectivity index is 4.15. The Morgan fingerprint density at radius 1 is 0.388 bits per heavy atom. The van der Waals surface area contributed by atoms with Gasteiger partial charge in [-0.2, -0.15) is 0 Å². The summed E-state index contributed by atoms with van der Waals surface area (Å²) in [6.45, 7) is 8.90. The Labute approximate surface area is 304 Å². The molecule has 0 radical (unpaired) electrons. The van der Waals surface area contributed by atoms with Gasteiger partial charge in [-0.1, -0.05) is 195 Å². The van der Waals surface area contributed by atoms with Crippen LogP contribution in [-0.2, 0) is 28.6 Å². The van der Waals surface area contributed by atoms with Crippen molar-refractivity contribution in [1.29, 1.82) is 0 Å². The molecule has 1 atom stereocenters. The van der Waals surface area contributed by atoms with E-state index < -0.39 is 6.10 Å². The molecule has 0 N–H and O–H groups in total. The fraction of sp³-hybridized carbons (Fsp3) is 0.930. The van der Waals surface area contributed by atoms with Crippen molar-refractivity contribution in [3.63, 3.8) is 0 Å². The molecular formula is C43H82O6. The van der Waals surface area contributed by atoms with E-state index in [0.29, 0.717) is 19.3 Å². The van der Waals surface area contributed by atoms with Crippen LogP contribution >= 0.6 is 0 Å². The van der Waals surface area contributed by atoms with Gasteiger partial charge in [-0.25, -0.2) is 0 Å². The first kappa shape index (κ1) is 47.4. The predicted molar refractivity (Wildman–Crippen MR) is 206 cm³/mol. The summed E-state index contributed by atoms with van der Waals surface area (Å²) < 4.78 is 16.6. The van der Waals surface area contributed by atoms with Gasteiger partial charge < -0.3 is 14.2 Å². The Morgan fingerprint density at radius 2 is 0.673 bits per heavy atom. The largest absolute Gasteiger partial charge is 0.462 e. The number of esters is 3. The van der Waals surface area contributed by atoms with Gasteiger partial charge in [0.05, 0.1) is 0 Å². The van der Waals surface area contributed by atoms with Crippen LogP contribution in [0.15, 0.2) is 0 Å². The third-order valence-electron chi connectivity index (χ3n) is 9.54. The molecule has 0 aliphatic carbocycles. The molecule has 0 rings (SSSR count). The third-order valence-corrected chi connectivity index (χ3v) is 9.54. The van der Waals surface area contributed by atoms with Crippen molar-refractivity contribution in [3.05, 3.63) is 0 Å². The first-order chi connectivity index (χ1) is 23.9. The summed E-state index contributed by atoms with van der Waals surface area (Å²) in [6.07, 6.45) is 35.4. The van der Waals surface area contributed by atoms with Gasteiger partial charge in [-0.15, -0.1) is 0 Å². The van der Waals surface area contributed by atoms with Crippen LogP contribution in [0.3, 0.4) is 0 Å². The Bertz CT molecular complexity index is 736. The lowest BCUT2D eigenvalue weighted by Gasteiger charge is -2.18. The number of unbranched alkanes of at least 4 members (excludes halogenated alkanes) is 25. The summed E-state index contributed by atoms with van der Waals surface area (Å²) in [6, 6.07) is 0. The van der Waals surface area contributed by atoms with Crippen molar-refractivity contribution < 1.29 is 28.6 Å². The van der Waals surface area contributed by atoms with Gasteiger partial charge >= 0.3 is 17.9 Å². The molecule has 6 heteroatoms. The number of hydrogen-bond acceptors (Lipinski definition) is 6. The summed E-state index contributed by atoms with van der Waals surface area (Å²) in [4.78, 5) is 37.3. The summed E-state index contributed by atoms with van der Waals surface area (Å²) in [5, 5.41) is 0. The summed E-state index contributed by atoms with van der Waals surface area (Å²) >= 11 is 0. The average Bonchev–Trinajstić information content (AvgIpc) is 3.08. The van der Waals surface area contributed by atoms with Crippen LogP contribution < -0.4 is 0 Å². The maximum atomic E-state index is 12.5. The second-order valence-electron chi connectivity index (χ2n) is 15.1. The Kier molecular flexibility index (Phi) is 36.4. The molecule has 0 aromatic rings. The standard InChI is InChI=1S/C43H82O6/c1-5-7-9-11-12-13-16-20-23-27-30-34-41(44)47-37-40(49-43(46)36-32-25-10-8-6-2)38-48-42(45)35-31-28-24-21-18-15-14-17-19-22-26-29-33-39(3)4/h39-40H,5-38H2,1-4H3/t40-/m1/s1. The molecule has 0 aliphatic rings. The molecule has 0 amide bonds. The minimum Gasteiger partial charge on any atom is -0.462 e. The highest BCUT2D eigenvalue weighted by atomic mass is 16.6. The Morgan fingerprint density at radius 3 is 1.00 bits per heavy atom. The summed E-state index contributed by atoms with van der Waals surface area (Å²) in [5.41, 5.74) is 0. The number of carbonyl (C=O) groups excluding carboxylic acids is 3. The molecular weight excluding hydrogens is 612 g/mol. The van der Waals surface area contributed by atoms with E-state index in [1.807, 2.05) is 0 Å². The van der Waals surface area contributed by atoms with Crippen LogP contribution in [-0.4, -0.2) is 37.2 Å². The molecule has 0 aromatic carbocycles. The molecule has 0 saturated heterocycles. The van der Waals surface area contributed by atoms with Crippen LogP contribution in [0.1, 0.15) is 233 Å². The van der Waals surface area contributed by atoms with E-state index >= 15 is 0 Å². The topological polar surface area (TPSA) is 78.9 Å². The molecule has 0 saturated carbocycles. The monoisotopic (exact) mass is 695 g/mol. The highest BCUT2D eigenvalue weighted by Crippen LogP contribution is 2.16. The molecule has 0 bridgehead atoms. The fourth-order valence-electron chi connectivity index (χ4n) is 6.27. The van der Waals surface area contributed by atoms with Crippen LogP contribution in [0.5, 0.6) is 0 Å². The van der Waals surface area contributed by atoms with E-state index in [0.717, 1.165) is 70.1 Å². The van der Waals surface area contributed by atoms with E-state index in [9.17, 15) is 14.4 Å². The van der Waals surface area contributed by atoms with Crippen molar-refractivity contribution in [2.75, 3.05) is 13.2 Å². The number of hydrogen-bond donors (Lipinski definition) is 0. The molecule has 290 valence electrons. The lowest BCUT2D eigenvalue weighted by atomic mass is 10.0. The zero-order valence-electron chi connectivity index (χ0n) is 33.1. The lowest BCUT2D eigenvalue weighted by molar-refractivity contribution is -0.167. The average molecular weight is 695 g/mol. The SMILES string of the molecule is CCCCCCCCCCCCCC(=O)OC[C@H](COC(=O)CCCCCCCCCCCCCCC(C)C)OC(=O)CCCCCCC. The van der Waals surface area contributed by atoms with E-state index in [4.69, 9.17) is 14.2 Å². The van der Waals surface area contributed by atoms with Gasteiger partial charge in [-0.3, -0.25) is 14.4 Å². The molecule has 0 aliphatic heterocycles. The van der Waals surface area contributed by atoms with Gasteiger partial charge in [0.25, 0.3) is 0 Å². The summed E-state index contributed by atoms with van der Waals surface area (Å²) in [5.74, 6) is -0.0392. The van der Waals surface area contributed by atoms with Crippen molar-refractivity contribution in [2.24, 2.45) is 5.92 Å². The number of rotatable bonds is 38. The van der Waals surface area contributed by atoms with Gasteiger partial charge in [-0.05, 0) is 25.2 Å². The van der Waals surface area contributed by atoms with Crippen LogP contribution in [0, 0.1) is 5.92 Å². The van der Waals surface area contributed by atoms with Crippen molar-refractivity contribution >= 4 is 17.9 Å². The first-order valence-electron chi connectivity index (χ1n) is 21.4. The van der Waals surface area contributed by atoms with Gasteiger partial charge in [0.1, 0.15) is 13.2 Å². The second-order valence-corrected chi connectivity index (χ2v) is 15.1. The minimum absolute atomic E-state index is 0.0656. The zero-order valence-corrected chi connectivity index (χ0v) is 33.1. The van der Waals surface area contributed by atoms with Crippen molar-refractivity contribution in [2.45, 2.75) is 239 Å². The van der Waals surface area contributed by atoms with Crippen molar-refractivity contribution in [3.8, 4) is 0 Å². The molecule has 0 heterocycles. The third kappa shape index (κ3) is 37.5. The normalized spacial score (nSPS) is 11.9. The smallest absolute Gasteiger partial charge is 0.306 e. The van der Waals surface area contributed by atoms with E-state index in [-0.39, 0.29) is 31.1 Å². The lowest BCUT2D eigenvalue weighted by Crippen LogP contribution is -2.30. The van der Waals surface area contributed by atoms with Crippen LogP contribution in [0.2, 0.25) is 0 Å². The molecule has 0 aromatic heterocycles. The van der Waals surface area contributed by atoms with Gasteiger partial charge in [0.2, 0.25) is 0 Å². The zero-order chi connectivity index (χ0) is 36.0. The predicted octanol–water partition coefficient (Wildman–Crippen LogP) is 13.2. The molecule has 0 fully saturated rings. The molecule has 6 nitrogen and oxygen atoms in total. The van der Waals surface area contributed by atoms with E-state index in [1.165, 1.54) is 122 Å². The van der Waals surface area contributed by atoms with Crippen LogP contribution in [0.25, 0.3) is 0 Å². The maximum absolute atomic E-state index is 12.5.